The van der Waals surface area contributed by atoms with Crippen LogP contribution in [0.2, 0.25) is 0 Å². The Kier molecular flexibility index (Phi) is 5.01. The van der Waals surface area contributed by atoms with Crippen molar-refractivity contribution in [3.8, 4) is 0 Å². The second-order valence-electron chi connectivity index (χ2n) is 7.69. The van der Waals surface area contributed by atoms with Crippen molar-refractivity contribution in [3.05, 3.63) is 41.1 Å². The van der Waals surface area contributed by atoms with Gasteiger partial charge in [-0.05, 0) is 63.3 Å². The van der Waals surface area contributed by atoms with Crippen LogP contribution in [-0.2, 0) is 29.9 Å². The van der Waals surface area contributed by atoms with Gasteiger partial charge in [0.1, 0.15) is 5.82 Å². The molecule has 4 rings (SSSR count). The van der Waals surface area contributed by atoms with Gasteiger partial charge in [0, 0.05) is 30.8 Å². The number of piperidine rings is 1. The fourth-order valence-corrected chi connectivity index (χ4v) is 5.90. The number of carbonyl (C=O) groups excluding carboxylic acids is 1. The maximum absolute atomic E-state index is 12.9. The molecule has 1 amide bonds. The zero-order valence-corrected chi connectivity index (χ0v) is 17.1. The maximum atomic E-state index is 12.9. The fraction of sp³-hybridized carbons (Fsp3) is 0.500. The van der Waals surface area contributed by atoms with E-state index in [0.29, 0.717) is 12.1 Å². The van der Waals surface area contributed by atoms with Crippen molar-refractivity contribution in [2.24, 2.45) is 7.05 Å². The van der Waals surface area contributed by atoms with E-state index in [1.807, 2.05) is 14.0 Å². The molecule has 1 aliphatic heterocycles. The van der Waals surface area contributed by atoms with E-state index in [0.717, 1.165) is 55.6 Å². The van der Waals surface area contributed by atoms with Crippen molar-refractivity contribution in [2.75, 3.05) is 11.9 Å². The number of anilines is 1. The summed E-state index contributed by atoms with van der Waals surface area (Å²) in [6, 6.07) is 6.22. The van der Waals surface area contributed by atoms with Gasteiger partial charge < -0.3 is 5.32 Å². The number of aromatic nitrogens is 2. The largest absolute Gasteiger partial charge is 0.307 e. The number of sulfonamides is 1. The van der Waals surface area contributed by atoms with Crippen LogP contribution in [0.25, 0.3) is 0 Å². The standard InChI is InChI=1S/C20H26N4O3S/c1-14-6-3-4-13-24(14)28(26,27)16-11-9-15(10-12-16)20(25)21-19-17-7-5-8-18(17)22-23(19)2/h9-12,14H,3-8,13H2,1-2H3,(H,21,25). The predicted molar refractivity (Wildman–Crippen MR) is 107 cm³/mol. The summed E-state index contributed by atoms with van der Waals surface area (Å²) in [7, 11) is -1.71. The second-order valence-corrected chi connectivity index (χ2v) is 9.58. The monoisotopic (exact) mass is 402 g/mol. The topological polar surface area (TPSA) is 84.3 Å². The van der Waals surface area contributed by atoms with E-state index in [1.165, 1.54) is 12.1 Å². The Labute approximate surface area is 165 Å². The molecule has 8 heteroatoms. The van der Waals surface area contributed by atoms with Crippen LogP contribution in [0.15, 0.2) is 29.2 Å². The SMILES string of the molecule is CC1CCCCN1S(=O)(=O)c1ccc(C(=O)Nc2c3c(nn2C)CCC3)cc1. The number of hydrogen-bond donors (Lipinski definition) is 1. The molecule has 2 aliphatic rings. The average molecular weight is 403 g/mol. The zero-order chi connectivity index (χ0) is 19.9. The molecule has 0 spiro atoms. The normalized spacial score (nSPS) is 20.1. The van der Waals surface area contributed by atoms with Gasteiger partial charge in [-0.2, -0.15) is 9.40 Å². The molecule has 0 bridgehead atoms. The number of rotatable bonds is 4. The summed E-state index contributed by atoms with van der Waals surface area (Å²) in [5.74, 6) is 0.476. The van der Waals surface area contributed by atoms with E-state index in [4.69, 9.17) is 0 Å². The molecule has 0 saturated carbocycles. The zero-order valence-electron chi connectivity index (χ0n) is 16.3. The minimum absolute atomic E-state index is 0.00802. The van der Waals surface area contributed by atoms with Crippen molar-refractivity contribution in [3.63, 3.8) is 0 Å². The Morgan fingerprint density at radius 1 is 1.14 bits per heavy atom. The third kappa shape index (κ3) is 3.35. The van der Waals surface area contributed by atoms with E-state index >= 15 is 0 Å². The number of amides is 1. The van der Waals surface area contributed by atoms with Gasteiger partial charge in [-0.1, -0.05) is 6.42 Å². The highest BCUT2D eigenvalue weighted by Crippen LogP contribution is 2.29. The first-order chi connectivity index (χ1) is 13.4. The molecule has 7 nitrogen and oxygen atoms in total. The highest BCUT2D eigenvalue weighted by molar-refractivity contribution is 7.89. The number of carbonyl (C=O) groups is 1. The van der Waals surface area contributed by atoms with Crippen LogP contribution in [0, 0.1) is 0 Å². The Morgan fingerprint density at radius 2 is 1.89 bits per heavy atom. The molecule has 0 radical (unpaired) electrons. The van der Waals surface area contributed by atoms with Gasteiger partial charge in [-0.3, -0.25) is 9.48 Å². The second kappa shape index (κ2) is 7.33. The number of nitrogens with zero attached hydrogens (tertiary/aromatic N) is 3. The summed E-state index contributed by atoms with van der Waals surface area (Å²) in [6.07, 6.45) is 5.76. The van der Waals surface area contributed by atoms with Crippen molar-refractivity contribution in [1.29, 1.82) is 0 Å². The van der Waals surface area contributed by atoms with Crippen molar-refractivity contribution < 1.29 is 13.2 Å². The quantitative estimate of drug-likeness (QED) is 0.852. The summed E-state index contributed by atoms with van der Waals surface area (Å²) in [5, 5.41) is 7.40. The van der Waals surface area contributed by atoms with E-state index in [2.05, 4.69) is 10.4 Å². The summed E-state index contributed by atoms with van der Waals surface area (Å²) in [4.78, 5) is 12.9. The van der Waals surface area contributed by atoms with Gasteiger partial charge in [0.2, 0.25) is 10.0 Å². The third-order valence-electron chi connectivity index (χ3n) is 5.77. The van der Waals surface area contributed by atoms with Crippen molar-refractivity contribution in [2.45, 2.75) is 56.4 Å². The lowest BCUT2D eigenvalue weighted by Gasteiger charge is -2.32. The summed E-state index contributed by atoms with van der Waals surface area (Å²) in [5.41, 5.74) is 2.59. The highest BCUT2D eigenvalue weighted by atomic mass is 32.2. The van der Waals surface area contributed by atoms with Crippen LogP contribution in [0.5, 0.6) is 0 Å². The molecule has 1 aromatic carbocycles. The maximum Gasteiger partial charge on any atom is 0.256 e. The van der Waals surface area contributed by atoms with E-state index in [9.17, 15) is 13.2 Å². The van der Waals surface area contributed by atoms with Crippen LogP contribution >= 0.6 is 0 Å². The highest BCUT2D eigenvalue weighted by Gasteiger charge is 2.31. The minimum atomic E-state index is -3.53. The predicted octanol–water partition coefficient (Wildman–Crippen LogP) is 2.72. The number of nitrogens with one attached hydrogen (secondary N) is 1. The van der Waals surface area contributed by atoms with Crippen molar-refractivity contribution in [1.82, 2.24) is 14.1 Å². The molecule has 1 N–H and O–H groups in total. The summed E-state index contributed by atoms with van der Waals surface area (Å²) >= 11 is 0. The molecule has 1 atom stereocenters. The molecule has 1 unspecified atom stereocenters. The Hall–Kier alpha value is -2.19. The molecule has 1 fully saturated rings. The fourth-order valence-electron chi connectivity index (χ4n) is 4.20. The van der Waals surface area contributed by atoms with E-state index in [1.54, 1.807) is 21.1 Å². The lowest BCUT2D eigenvalue weighted by molar-refractivity contribution is 0.102. The number of benzene rings is 1. The molecule has 2 aromatic rings. The van der Waals surface area contributed by atoms with Crippen molar-refractivity contribution >= 4 is 21.7 Å². The van der Waals surface area contributed by atoms with Gasteiger partial charge in [0.05, 0.1) is 10.6 Å². The molecule has 1 aliphatic carbocycles. The first-order valence-electron chi connectivity index (χ1n) is 9.86. The van der Waals surface area contributed by atoms with Gasteiger partial charge in [-0.25, -0.2) is 8.42 Å². The lowest BCUT2D eigenvalue weighted by Crippen LogP contribution is -2.41. The number of aryl methyl sites for hydroxylation is 2. The molecule has 28 heavy (non-hydrogen) atoms. The van der Waals surface area contributed by atoms with Crippen LogP contribution in [0.1, 0.15) is 54.2 Å². The Morgan fingerprint density at radius 3 is 2.61 bits per heavy atom. The molecular formula is C20H26N4O3S. The number of fused-ring (bicyclic) bond motifs is 1. The average Bonchev–Trinajstić information content (AvgIpc) is 3.24. The summed E-state index contributed by atoms with van der Waals surface area (Å²) < 4.78 is 29.1. The molecule has 150 valence electrons. The number of hydrogen-bond acceptors (Lipinski definition) is 4. The molecular weight excluding hydrogens is 376 g/mol. The Bertz CT molecular complexity index is 995. The van der Waals surface area contributed by atoms with Gasteiger partial charge >= 0.3 is 0 Å². The van der Waals surface area contributed by atoms with Crippen LogP contribution < -0.4 is 5.32 Å². The van der Waals surface area contributed by atoms with Crippen LogP contribution in [-0.4, -0.2) is 41.0 Å². The lowest BCUT2D eigenvalue weighted by atomic mass is 10.1. The molecule has 1 aromatic heterocycles. The first-order valence-corrected chi connectivity index (χ1v) is 11.3. The molecule has 1 saturated heterocycles. The first kappa shape index (κ1) is 19.1. The Balaban J connectivity index is 1.52. The minimum Gasteiger partial charge on any atom is -0.307 e. The van der Waals surface area contributed by atoms with E-state index in [-0.39, 0.29) is 16.8 Å². The molecule has 2 heterocycles. The van der Waals surface area contributed by atoms with E-state index < -0.39 is 10.0 Å². The van der Waals surface area contributed by atoms with Crippen LogP contribution in [0.3, 0.4) is 0 Å². The third-order valence-corrected chi connectivity index (χ3v) is 7.79. The van der Waals surface area contributed by atoms with Gasteiger partial charge in [0.15, 0.2) is 0 Å². The van der Waals surface area contributed by atoms with Gasteiger partial charge in [-0.15, -0.1) is 0 Å². The van der Waals surface area contributed by atoms with Gasteiger partial charge in [0.25, 0.3) is 5.91 Å². The van der Waals surface area contributed by atoms with Crippen LogP contribution in [0.4, 0.5) is 5.82 Å². The summed E-state index contributed by atoms with van der Waals surface area (Å²) in [6.45, 7) is 2.50. The smallest absolute Gasteiger partial charge is 0.256 e.